The number of nitrogens with zero attached hydrogens (tertiary/aromatic N) is 1. The molecule has 5 heteroatoms. The maximum Gasteiger partial charge on any atom is 0.246 e. The van der Waals surface area contributed by atoms with Gasteiger partial charge in [0.15, 0.2) is 0 Å². The molecule has 0 atom stereocenters. The van der Waals surface area contributed by atoms with Crippen LogP contribution >= 0.6 is 24.0 Å². The van der Waals surface area contributed by atoms with Crippen LogP contribution in [0.15, 0.2) is 24.3 Å². The summed E-state index contributed by atoms with van der Waals surface area (Å²) in [5.74, 6) is 0.0496. The predicted octanol–water partition coefficient (Wildman–Crippen LogP) is 3.29. The van der Waals surface area contributed by atoms with Crippen molar-refractivity contribution in [3.8, 4) is 0 Å². The molecule has 21 heavy (non-hydrogen) atoms. The minimum absolute atomic E-state index is 0. The standard InChI is InChI=1S/C16H21ClN2O.ClH/c1-12-3-4-13(11-15(12)17)5-6-16(20)19(2)14-7-9-18-10-8-14;/h3-6,11,14,18H,7-10H2,1-2H3;1H. The van der Waals surface area contributed by atoms with Crippen LogP contribution in [0.2, 0.25) is 5.02 Å². The number of piperidine rings is 1. The van der Waals surface area contributed by atoms with Crippen molar-refractivity contribution in [3.63, 3.8) is 0 Å². The topological polar surface area (TPSA) is 32.3 Å². The lowest BCUT2D eigenvalue weighted by Gasteiger charge is -2.30. The van der Waals surface area contributed by atoms with Gasteiger partial charge in [0.2, 0.25) is 5.91 Å². The lowest BCUT2D eigenvalue weighted by molar-refractivity contribution is -0.127. The summed E-state index contributed by atoms with van der Waals surface area (Å²) in [5, 5.41) is 4.04. The molecule has 116 valence electrons. The first-order valence-electron chi connectivity index (χ1n) is 6.99. The Morgan fingerprint density at radius 3 is 2.67 bits per heavy atom. The maximum absolute atomic E-state index is 12.2. The van der Waals surface area contributed by atoms with E-state index in [1.54, 1.807) is 6.08 Å². The lowest BCUT2D eigenvalue weighted by Crippen LogP contribution is -2.43. The van der Waals surface area contributed by atoms with Gasteiger partial charge < -0.3 is 10.2 Å². The van der Waals surface area contributed by atoms with Crippen molar-refractivity contribution in [3.05, 3.63) is 40.4 Å². The summed E-state index contributed by atoms with van der Waals surface area (Å²) < 4.78 is 0. The zero-order valence-electron chi connectivity index (χ0n) is 12.4. The highest BCUT2D eigenvalue weighted by Crippen LogP contribution is 2.18. The van der Waals surface area contributed by atoms with Crippen molar-refractivity contribution in [2.24, 2.45) is 0 Å². The molecule has 1 aromatic carbocycles. The van der Waals surface area contributed by atoms with Crippen LogP contribution < -0.4 is 5.32 Å². The van der Waals surface area contributed by atoms with Gasteiger partial charge in [-0.2, -0.15) is 0 Å². The third-order valence-electron chi connectivity index (χ3n) is 3.82. The first kappa shape index (κ1) is 18.0. The molecule has 1 aliphatic heterocycles. The number of aryl methyl sites for hydroxylation is 1. The van der Waals surface area contributed by atoms with E-state index in [4.69, 9.17) is 11.6 Å². The van der Waals surface area contributed by atoms with E-state index in [9.17, 15) is 4.79 Å². The summed E-state index contributed by atoms with van der Waals surface area (Å²) in [4.78, 5) is 14.0. The van der Waals surface area contributed by atoms with Crippen LogP contribution in [0.4, 0.5) is 0 Å². The lowest BCUT2D eigenvalue weighted by atomic mass is 10.1. The van der Waals surface area contributed by atoms with Gasteiger partial charge in [-0.1, -0.05) is 23.7 Å². The van der Waals surface area contributed by atoms with E-state index >= 15 is 0 Å². The third-order valence-corrected chi connectivity index (χ3v) is 4.23. The number of hydrogen-bond donors (Lipinski definition) is 1. The van der Waals surface area contributed by atoms with E-state index in [0.717, 1.165) is 42.1 Å². The van der Waals surface area contributed by atoms with Crippen LogP contribution in [0.5, 0.6) is 0 Å². The number of likely N-dealkylation sites (N-methyl/N-ethyl adjacent to an activating group) is 1. The van der Waals surface area contributed by atoms with E-state index in [1.165, 1.54) is 0 Å². The summed E-state index contributed by atoms with van der Waals surface area (Å²) in [5.41, 5.74) is 2.00. The van der Waals surface area contributed by atoms with Crippen molar-refractivity contribution in [2.45, 2.75) is 25.8 Å². The fourth-order valence-electron chi connectivity index (χ4n) is 2.37. The molecule has 3 nitrogen and oxygen atoms in total. The minimum Gasteiger partial charge on any atom is -0.339 e. The van der Waals surface area contributed by atoms with Gasteiger partial charge in [0.1, 0.15) is 0 Å². The van der Waals surface area contributed by atoms with Crippen LogP contribution in [0.3, 0.4) is 0 Å². The fourth-order valence-corrected chi connectivity index (χ4v) is 2.56. The molecule has 0 unspecified atom stereocenters. The first-order chi connectivity index (χ1) is 9.58. The van der Waals surface area contributed by atoms with Gasteiger partial charge in [-0.05, 0) is 56.1 Å². The van der Waals surface area contributed by atoms with Crippen LogP contribution in [0.25, 0.3) is 6.08 Å². The van der Waals surface area contributed by atoms with Gasteiger partial charge in [0.25, 0.3) is 0 Å². The summed E-state index contributed by atoms with van der Waals surface area (Å²) >= 11 is 6.08. The van der Waals surface area contributed by atoms with Gasteiger partial charge in [0.05, 0.1) is 0 Å². The number of carbonyl (C=O) groups is 1. The monoisotopic (exact) mass is 328 g/mol. The molecule has 0 radical (unpaired) electrons. The van der Waals surface area contributed by atoms with E-state index in [1.807, 2.05) is 43.1 Å². The summed E-state index contributed by atoms with van der Waals surface area (Å²) in [6.45, 7) is 3.94. The van der Waals surface area contributed by atoms with E-state index in [0.29, 0.717) is 6.04 Å². The Bertz CT molecular complexity index is 511. The van der Waals surface area contributed by atoms with Crippen molar-refractivity contribution < 1.29 is 4.79 Å². The minimum atomic E-state index is 0. The van der Waals surface area contributed by atoms with Crippen LogP contribution in [0, 0.1) is 6.92 Å². The normalized spacial score (nSPS) is 15.8. The van der Waals surface area contributed by atoms with Gasteiger partial charge in [0, 0.05) is 24.2 Å². The maximum atomic E-state index is 12.2. The molecule has 1 aliphatic rings. The third kappa shape index (κ3) is 5.03. The molecule has 0 spiro atoms. The molecule has 1 amide bonds. The Kier molecular flexibility index (Phi) is 7.23. The van der Waals surface area contributed by atoms with Crippen molar-refractivity contribution in [1.29, 1.82) is 0 Å². The quantitative estimate of drug-likeness (QED) is 0.863. The Hall–Kier alpha value is -1.03. The number of amides is 1. The van der Waals surface area contributed by atoms with Crippen LogP contribution in [0.1, 0.15) is 24.0 Å². The van der Waals surface area contributed by atoms with Crippen molar-refractivity contribution in [1.82, 2.24) is 10.2 Å². The molecule has 0 saturated carbocycles. The summed E-state index contributed by atoms with van der Waals surface area (Å²) in [6.07, 6.45) is 5.49. The highest BCUT2D eigenvalue weighted by atomic mass is 35.5. The molecular formula is C16H22Cl2N2O. The van der Waals surface area contributed by atoms with Gasteiger partial charge in [-0.3, -0.25) is 4.79 Å². The number of benzene rings is 1. The predicted molar refractivity (Wildman–Crippen MR) is 91.1 cm³/mol. The second-order valence-corrected chi connectivity index (χ2v) is 5.68. The molecule has 1 N–H and O–H groups in total. The van der Waals surface area contributed by atoms with E-state index < -0.39 is 0 Å². The Balaban J connectivity index is 0.00000220. The van der Waals surface area contributed by atoms with Gasteiger partial charge in [-0.15, -0.1) is 12.4 Å². The molecule has 1 aromatic rings. The smallest absolute Gasteiger partial charge is 0.246 e. The average molecular weight is 329 g/mol. The molecular weight excluding hydrogens is 307 g/mol. The summed E-state index contributed by atoms with van der Waals surface area (Å²) in [7, 11) is 1.88. The molecule has 1 heterocycles. The van der Waals surface area contributed by atoms with E-state index in [2.05, 4.69) is 5.32 Å². The highest BCUT2D eigenvalue weighted by Gasteiger charge is 2.20. The summed E-state index contributed by atoms with van der Waals surface area (Å²) in [6, 6.07) is 6.15. The number of nitrogens with one attached hydrogen (secondary N) is 1. The zero-order valence-corrected chi connectivity index (χ0v) is 14.0. The van der Waals surface area contributed by atoms with Crippen molar-refractivity contribution in [2.75, 3.05) is 20.1 Å². The van der Waals surface area contributed by atoms with Crippen molar-refractivity contribution >= 4 is 36.0 Å². The molecule has 2 rings (SSSR count). The SMILES string of the molecule is Cc1ccc(C=CC(=O)N(C)C2CCNCC2)cc1Cl.Cl. The second kappa shape index (κ2) is 8.42. The van der Waals surface area contributed by atoms with Gasteiger partial charge in [-0.25, -0.2) is 0 Å². The van der Waals surface area contributed by atoms with Crippen LogP contribution in [-0.4, -0.2) is 37.0 Å². The fraction of sp³-hybridized carbons (Fsp3) is 0.438. The average Bonchev–Trinajstić information content (AvgIpc) is 2.48. The Morgan fingerprint density at radius 2 is 2.05 bits per heavy atom. The number of rotatable bonds is 3. The first-order valence-corrected chi connectivity index (χ1v) is 7.37. The number of carbonyl (C=O) groups excluding carboxylic acids is 1. The Labute approximate surface area is 137 Å². The van der Waals surface area contributed by atoms with Crippen LogP contribution in [-0.2, 0) is 4.79 Å². The molecule has 0 aromatic heterocycles. The second-order valence-electron chi connectivity index (χ2n) is 5.27. The Morgan fingerprint density at radius 1 is 1.38 bits per heavy atom. The van der Waals surface area contributed by atoms with Gasteiger partial charge >= 0.3 is 0 Å². The largest absolute Gasteiger partial charge is 0.339 e. The van der Waals surface area contributed by atoms with E-state index in [-0.39, 0.29) is 18.3 Å². The highest BCUT2D eigenvalue weighted by molar-refractivity contribution is 6.31. The zero-order chi connectivity index (χ0) is 14.5. The molecule has 1 fully saturated rings. The molecule has 0 aliphatic carbocycles. The molecule has 1 saturated heterocycles. The number of halogens is 2. The molecule has 0 bridgehead atoms. The number of hydrogen-bond acceptors (Lipinski definition) is 2.